The largest absolute Gasteiger partial charge is 0.271 e. The van der Waals surface area contributed by atoms with Gasteiger partial charge in [-0.3, -0.25) is 16.0 Å². The van der Waals surface area contributed by atoms with Crippen molar-refractivity contribution in [2.45, 2.75) is 50.6 Å². The molecule has 1 aliphatic heterocycles. The first-order valence-corrected chi connectivity index (χ1v) is 8.60. The van der Waals surface area contributed by atoms with Crippen LogP contribution in [-0.2, 0) is 6.42 Å². The number of nitrogens with zero attached hydrogens (tertiary/aromatic N) is 2. The Bertz CT molecular complexity index is 394. The minimum absolute atomic E-state index is 0.377. The molecule has 1 aliphatic carbocycles. The maximum Gasteiger partial charge on any atom is 0.0640 e. The normalized spacial score (nSPS) is 26.1. The number of thioether (sulfide) groups is 1. The van der Waals surface area contributed by atoms with Crippen molar-refractivity contribution in [2.75, 3.05) is 11.5 Å². The molecule has 2 heterocycles. The zero-order valence-corrected chi connectivity index (χ0v) is 12.2. The zero-order chi connectivity index (χ0) is 13.1. The van der Waals surface area contributed by atoms with Gasteiger partial charge in [0.1, 0.15) is 0 Å². The highest BCUT2D eigenvalue weighted by Crippen LogP contribution is 2.30. The molecule has 3 N–H and O–H groups in total. The van der Waals surface area contributed by atoms with Crippen LogP contribution in [0.5, 0.6) is 0 Å². The molecule has 1 aromatic rings. The van der Waals surface area contributed by atoms with Crippen LogP contribution in [0.1, 0.15) is 43.8 Å². The topological polar surface area (TPSA) is 55.9 Å². The average molecular weight is 280 g/mol. The fourth-order valence-corrected chi connectivity index (χ4v) is 4.65. The SMILES string of the molecule is NNC(Cc1ccn(C2CCCC2)n1)C1CCSC1. The van der Waals surface area contributed by atoms with Crippen LogP contribution in [0, 0.1) is 5.92 Å². The van der Waals surface area contributed by atoms with Crippen molar-refractivity contribution < 1.29 is 0 Å². The summed E-state index contributed by atoms with van der Waals surface area (Å²) in [7, 11) is 0. The highest BCUT2D eigenvalue weighted by molar-refractivity contribution is 7.99. The van der Waals surface area contributed by atoms with Gasteiger partial charge in [-0.15, -0.1) is 0 Å². The van der Waals surface area contributed by atoms with Crippen molar-refractivity contribution in [1.82, 2.24) is 15.2 Å². The van der Waals surface area contributed by atoms with Gasteiger partial charge in [0.15, 0.2) is 0 Å². The molecular formula is C14H24N4S. The van der Waals surface area contributed by atoms with Crippen LogP contribution in [0.15, 0.2) is 12.3 Å². The fraction of sp³-hybridized carbons (Fsp3) is 0.786. The second kappa shape index (κ2) is 6.29. The number of nitrogens with one attached hydrogen (secondary N) is 1. The Morgan fingerprint density at radius 2 is 2.26 bits per heavy atom. The van der Waals surface area contributed by atoms with Crippen molar-refractivity contribution >= 4 is 11.8 Å². The van der Waals surface area contributed by atoms with E-state index in [2.05, 4.69) is 22.4 Å². The molecule has 2 fully saturated rings. The third kappa shape index (κ3) is 3.15. The monoisotopic (exact) mass is 280 g/mol. The lowest BCUT2D eigenvalue weighted by atomic mass is 9.96. The van der Waals surface area contributed by atoms with Crippen molar-refractivity contribution in [2.24, 2.45) is 11.8 Å². The Labute approximate surface area is 119 Å². The van der Waals surface area contributed by atoms with E-state index in [4.69, 9.17) is 10.9 Å². The molecule has 1 saturated carbocycles. The molecule has 2 unspecified atom stereocenters. The van der Waals surface area contributed by atoms with E-state index in [1.54, 1.807) is 0 Å². The molecular weight excluding hydrogens is 256 g/mol. The maximum atomic E-state index is 5.74. The number of hydrazine groups is 1. The summed E-state index contributed by atoms with van der Waals surface area (Å²) in [5.41, 5.74) is 4.20. The molecule has 1 saturated heterocycles. The molecule has 4 nitrogen and oxygen atoms in total. The second-order valence-electron chi connectivity index (χ2n) is 5.83. The summed E-state index contributed by atoms with van der Waals surface area (Å²) in [5, 5.41) is 4.77. The smallest absolute Gasteiger partial charge is 0.0640 e. The number of nitrogens with two attached hydrogens (primary N) is 1. The van der Waals surface area contributed by atoms with Crippen molar-refractivity contribution in [3.8, 4) is 0 Å². The van der Waals surface area contributed by atoms with E-state index in [1.807, 2.05) is 11.8 Å². The standard InChI is InChI=1S/C14H24N4S/c15-16-14(11-6-8-19-10-11)9-12-5-7-18(17-12)13-3-1-2-4-13/h5,7,11,13-14,16H,1-4,6,8-10,15H2. The quantitative estimate of drug-likeness (QED) is 0.641. The van der Waals surface area contributed by atoms with Gasteiger partial charge in [-0.2, -0.15) is 16.9 Å². The lowest BCUT2D eigenvalue weighted by Crippen LogP contribution is -2.42. The van der Waals surface area contributed by atoms with Crippen LogP contribution < -0.4 is 11.3 Å². The van der Waals surface area contributed by atoms with Gasteiger partial charge >= 0.3 is 0 Å². The molecule has 0 radical (unpaired) electrons. The van der Waals surface area contributed by atoms with Crippen LogP contribution in [0.3, 0.4) is 0 Å². The highest BCUT2D eigenvalue weighted by atomic mass is 32.2. The number of hydrogen-bond acceptors (Lipinski definition) is 4. The molecule has 2 atom stereocenters. The number of aromatic nitrogens is 2. The van der Waals surface area contributed by atoms with Crippen LogP contribution in [0.2, 0.25) is 0 Å². The van der Waals surface area contributed by atoms with Crippen LogP contribution in [0.25, 0.3) is 0 Å². The van der Waals surface area contributed by atoms with Crippen LogP contribution >= 0.6 is 11.8 Å². The maximum absolute atomic E-state index is 5.74. The Morgan fingerprint density at radius 1 is 1.42 bits per heavy atom. The van der Waals surface area contributed by atoms with Gasteiger partial charge in [-0.05, 0) is 42.8 Å². The Kier molecular flexibility index (Phi) is 4.45. The molecule has 106 valence electrons. The van der Waals surface area contributed by atoms with Crippen LogP contribution in [-0.4, -0.2) is 27.3 Å². The third-order valence-corrected chi connectivity index (χ3v) is 5.73. The average Bonchev–Trinajstić information content (AvgIpc) is 3.15. The van der Waals surface area contributed by atoms with E-state index in [-0.39, 0.29) is 0 Å². The molecule has 2 aliphatic rings. The van der Waals surface area contributed by atoms with E-state index >= 15 is 0 Å². The molecule has 3 rings (SSSR count). The summed E-state index contributed by atoms with van der Waals surface area (Å²) in [6.07, 6.45) is 9.68. The molecule has 0 bridgehead atoms. The summed E-state index contributed by atoms with van der Waals surface area (Å²) < 4.78 is 2.18. The summed E-state index contributed by atoms with van der Waals surface area (Å²) in [5.74, 6) is 8.95. The van der Waals surface area contributed by atoms with Crippen LogP contribution in [0.4, 0.5) is 0 Å². The van der Waals surface area contributed by atoms with Gasteiger partial charge in [-0.25, -0.2) is 0 Å². The first-order valence-electron chi connectivity index (χ1n) is 7.44. The van der Waals surface area contributed by atoms with Gasteiger partial charge in [0, 0.05) is 18.7 Å². The summed E-state index contributed by atoms with van der Waals surface area (Å²) >= 11 is 2.04. The highest BCUT2D eigenvalue weighted by Gasteiger charge is 2.26. The van der Waals surface area contributed by atoms with Gasteiger partial charge in [0.05, 0.1) is 11.7 Å². The third-order valence-electron chi connectivity index (χ3n) is 4.54. The predicted octanol–water partition coefficient (Wildman–Crippen LogP) is 2.13. The van der Waals surface area contributed by atoms with Gasteiger partial charge < -0.3 is 0 Å². The molecule has 0 aromatic carbocycles. The molecule has 1 aromatic heterocycles. The zero-order valence-electron chi connectivity index (χ0n) is 11.4. The lowest BCUT2D eigenvalue weighted by Gasteiger charge is -2.21. The number of rotatable bonds is 5. The first kappa shape index (κ1) is 13.5. The Hall–Kier alpha value is -0.520. The van der Waals surface area contributed by atoms with E-state index < -0.39 is 0 Å². The fourth-order valence-electron chi connectivity index (χ4n) is 3.32. The van der Waals surface area contributed by atoms with E-state index in [9.17, 15) is 0 Å². The van der Waals surface area contributed by atoms with Crippen molar-refractivity contribution in [3.05, 3.63) is 18.0 Å². The molecule has 0 amide bonds. The Balaban J connectivity index is 1.61. The van der Waals surface area contributed by atoms with E-state index in [1.165, 1.54) is 49.3 Å². The molecule has 19 heavy (non-hydrogen) atoms. The minimum atomic E-state index is 0.377. The summed E-state index contributed by atoms with van der Waals surface area (Å²) in [4.78, 5) is 0. The predicted molar refractivity (Wildman–Crippen MR) is 80.0 cm³/mol. The van der Waals surface area contributed by atoms with Crippen molar-refractivity contribution in [1.29, 1.82) is 0 Å². The Morgan fingerprint density at radius 3 is 2.95 bits per heavy atom. The second-order valence-corrected chi connectivity index (χ2v) is 6.98. The lowest BCUT2D eigenvalue weighted by molar-refractivity contribution is 0.379. The summed E-state index contributed by atoms with van der Waals surface area (Å²) in [6, 6.07) is 3.19. The molecule has 0 spiro atoms. The minimum Gasteiger partial charge on any atom is -0.271 e. The van der Waals surface area contributed by atoms with Gasteiger partial charge in [0.25, 0.3) is 0 Å². The number of hydrogen-bond donors (Lipinski definition) is 2. The first-order chi connectivity index (χ1) is 9.36. The van der Waals surface area contributed by atoms with Gasteiger partial charge in [0.2, 0.25) is 0 Å². The summed E-state index contributed by atoms with van der Waals surface area (Å²) in [6.45, 7) is 0. The molecule has 5 heteroatoms. The van der Waals surface area contributed by atoms with Gasteiger partial charge in [-0.1, -0.05) is 12.8 Å². The van der Waals surface area contributed by atoms with E-state index in [0.29, 0.717) is 18.0 Å². The van der Waals surface area contributed by atoms with E-state index in [0.717, 1.165) is 6.42 Å². The van der Waals surface area contributed by atoms with Crippen molar-refractivity contribution in [3.63, 3.8) is 0 Å².